The van der Waals surface area contributed by atoms with Crippen LogP contribution in [0.25, 0.3) is 10.9 Å². The van der Waals surface area contributed by atoms with Gasteiger partial charge in [-0.1, -0.05) is 12.1 Å². The predicted molar refractivity (Wildman–Crippen MR) is 79.2 cm³/mol. The smallest absolute Gasteiger partial charge is 0.326 e. The molecule has 1 aliphatic rings. The number of rotatable bonds is 2. The van der Waals surface area contributed by atoms with Gasteiger partial charge in [-0.15, -0.1) is 0 Å². The minimum atomic E-state index is -0.758. The van der Waals surface area contributed by atoms with E-state index in [2.05, 4.69) is 30.1 Å². The van der Waals surface area contributed by atoms with E-state index in [1.807, 2.05) is 17.9 Å². The summed E-state index contributed by atoms with van der Waals surface area (Å²) in [6.45, 7) is 4.86. The van der Waals surface area contributed by atoms with Crippen molar-refractivity contribution in [3.8, 4) is 0 Å². The monoisotopic (exact) mass is 270 g/mol. The van der Waals surface area contributed by atoms with Gasteiger partial charge in [-0.2, -0.15) is 0 Å². The van der Waals surface area contributed by atoms with E-state index < -0.39 is 12.0 Å². The molecule has 2 aromatic rings. The third-order valence-corrected chi connectivity index (χ3v) is 3.99. The number of benzene rings is 1. The number of hydrogen-bond donors (Lipinski definition) is 1. The molecule has 0 bridgehead atoms. The molecule has 1 aromatic carbocycles. The molecule has 1 aromatic heterocycles. The Morgan fingerprint density at radius 2 is 2.15 bits per heavy atom. The zero-order valence-electron chi connectivity index (χ0n) is 11.8. The second kappa shape index (κ2) is 4.78. The number of carboxylic acid groups (broad SMARTS) is 1. The van der Waals surface area contributed by atoms with Crippen molar-refractivity contribution in [1.82, 2.24) is 4.98 Å². The van der Waals surface area contributed by atoms with E-state index in [-0.39, 0.29) is 0 Å². The van der Waals surface area contributed by atoms with Gasteiger partial charge in [0.05, 0.1) is 5.52 Å². The van der Waals surface area contributed by atoms with E-state index in [4.69, 9.17) is 0 Å². The van der Waals surface area contributed by atoms with Gasteiger partial charge in [-0.05, 0) is 49.9 Å². The summed E-state index contributed by atoms with van der Waals surface area (Å²) in [6.07, 6.45) is 1.60. The average Bonchev–Trinajstić information content (AvgIpc) is 2.87. The van der Waals surface area contributed by atoms with Gasteiger partial charge in [0.15, 0.2) is 0 Å². The summed E-state index contributed by atoms with van der Waals surface area (Å²) in [5.41, 5.74) is 3.25. The number of carboxylic acids is 1. The predicted octanol–water partition coefficient (Wildman–Crippen LogP) is 2.91. The van der Waals surface area contributed by atoms with Crippen molar-refractivity contribution in [2.75, 3.05) is 11.4 Å². The quantitative estimate of drug-likeness (QED) is 0.911. The van der Waals surface area contributed by atoms with Crippen molar-refractivity contribution in [2.24, 2.45) is 0 Å². The molecule has 1 fully saturated rings. The molecule has 4 nitrogen and oxygen atoms in total. The summed E-state index contributed by atoms with van der Waals surface area (Å²) in [7, 11) is 0. The van der Waals surface area contributed by atoms with Crippen LogP contribution in [0.3, 0.4) is 0 Å². The normalized spacial score (nSPS) is 18.7. The van der Waals surface area contributed by atoms with Crippen molar-refractivity contribution >= 4 is 22.7 Å². The van der Waals surface area contributed by atoms with Crippen LogP contribution in [0.5, 0.6) is 0 Å². The van der Waals surface area contributed by atoms with Crippen molar-refractivity contribution in [3.63, 3.8) is 0 Å². The fraction of sp³-hybridized carbons (Fsp3) is 0.375. The maximum absolute atomic E-state index is 11.3. The molecular weight excluding hydrogens is 252 g/mol. The van der Waals surface area contributed by atoms with Crippen LogP contribution in [-0.2, 0) is 4.79 Å². The number of anilines is 1. The lowest BCUT2D eigenvalue weighted by atomic mass is 10.1. The molecule has 20 heavy (non-hydrogen) atoms. The highest BCUT2D eigenvalue weighted by Gasteiger charge is 2.31. The molecule has 2 heterocycles. The van der Waals surface area contributed by atoms with Crippen molar-refractivity contribution in [1.29, 1.82) is 0 Å². The van der Waals surface area contributed by atoms with Crippen molar-refractivity contribution in [3.05, 3.63) is 35.4 Å². The average molecular weight is 270 g/mol. The maximum Gasteiger partial charge on any atom is 0.326 e. The molecule has 1 aliphatic heterocycles. The third kappa shape index (κ3) is 2.11. The standard InChI is InChI=1S/C16H18N2O2/c1-10-5-6-12-11(2)9-15(17-13(12)8-10)18-7-3-4-14(18)16(19)20/h5-6,8-9,14H,3-4,7H2,1-2H3,(H,19,20)/t14-/m1/s1. The topological polar surface area (TPSA) is 53.4 Å². The van der Waals surface area contributed by atoms with Crippen LogP contribution in [-0.4, -0.2) is 28.6 Å². The number of aromatic nitrogens is 1. The van der Waals surface area contributed by atoms with Crippen LogP contribution < -0.4 is 4.90 Å². The van der Waals surface area contributed by atoms with Gasteiger partial charge >= 0.3 is 5.97 Å². The largest absolute Gasteiger partial charge is 0.480 e. The van der Waals surface area contributed by atoms with Crippen LogP contribution >= 0.6 is 0 Å². The molecule has 0 aliphatic carbocycles. The van der Waals surface area contributed by atoms with Crippen LogP contribution in [0.1, 0.15) is 24.0 Å². The van der Waals surface area contributed by atoms with E-state index in [0.717, 1.165) is 40.8 Å². The zero-order valence-corrected chi connectivity index (χ0v) is 11.8. The van der Waals surface area contributed by atoms with Gasteiger partial charge in [-0.3, -0.25) is 0 Å². The Labute approximate surface area is 118 Å². The first-order chi connectivity index (χ1) is 9.56. The van der Waals surface area contributed by atoms with Crippen molar-refractivity contribution < 1.29 is 9.90 Å². The molecule has 0 spiro atoms. The van der Waals surface area contributed by atoms with E-state index in [9.17, 15) is 9.90 Å². The van der Waals surface area contributed by atoms with Gasteiger partial charge in [0.25, 0.3) is 0 Å². The summed E-state index contributed by atoms with van der Waals surface area (Å²) in [6, 6.07) is 7.77. The molecule has 0 unspecified atom stereocenters. The summed E-state index contributed by atoms with van der Waals surface area (Å²) >= 11 is 0. The lowest BCUT2D eigenvalue weighted by Crippen LogP contribution is -2.36. The summed E-state index contributed by atoms with van der Waals surface area (Å²) in [5, 5.41) is 10.4. The fourth-order valence-electron chi connectivity index (χ4n) is 2.94. The SMILES string of the molecule is Cc1ccc2c(C)cc(N3CCC[C@@H]3C(=O)O)nc2c1. The van der Waals surface area contributed by atoms with Crippen molar-refractivity contribution in [2.45, 2.75) is 32.7 Å². The minimum Gasteiger partial charge on any atom is -0.480 e. The number of fused-ring (bicyclic) bond motifs is 1. The lowest BCUT2D eigenvalue weighted by molar-refractivity contribution is -0.138. The first-order valence-corrected chi connectivity index (χ1v) is 6.94. The highest BCUT2D eigenvalue weighted by atomic mass is 16.4. The molecule has 104 valence electrons. The highest BCUT2D eigenvalue weighted by molar-refractivity contribution is 5.86. The van der Waals surface area contributed by atoms with Gasteiger partial charge in [-0.25, -0.2) is 9.78 Å². The highest BCUT2D eigenvalue weighted by Crippen LogP contribution is 2.28. The van der Waals surface area contributed by atoms with E-state index in [1.54, 1.807) is 0 Å². The Morgan fingerprint density at radius 3 is 2.90 bits per heavy atom. The molecule has 0 amide bonds. The summed E-state index contributed by atoms with van der Waals surface area (Å²) in [4.78, 5) is 17.9. The van der Waals surface area contributed by atoms with E-state index >= 15 is 0 Å². The summed E-state index contributed by atoms with van der Waals surface area (Å²) < 4.78 is 0. The molecule has 3 rings (SSSR count). The van der Waals surface area contributed by atoms with Crippen LogP contribution in [0.15, 0.2) is 24.3 Å². The minimum absolute atomic E-state index is 0.441. The number of aryl methyl sites for hydroxylation is 2. The van der Waals surface area contributed by atoms with Gasteiger partial charge < -0.3 is 10.0 Å². The molecule has 1 N–H and O–H groups in total. The molecular formula is C16H18N2O2. The molecule has 1 atom stereocenters. The molecule has 1 saturated heterocycles. The van der Waals surface area contributed by atoms with Gasteiger partial charge in [0.1, 0.15) is 11.9 Å². The Balaban J connectivity index is 2.10. The van der Waals surface area contributed by atoms with Gasteiger partial charge in [0.2, 0.25) is 0 Å². The second-order valence-corrected chi connectivity index (χ2v) is 5.51. The zero-order chi connectivity index (χ0) is 14.3. The lowest BCUT2D eigenvalue weighted by Gasteiger charge is -2.23. The number of nitrogens with zero attached hydrogens (tertiary/aromatic N) is 2. The Kier molecular flexibility index (Phi) is 3.08. The number of aliphatic carboxylic acids is 1. The van der Waals surface area contributed by atoms with E-state index in [0.29, 0.717) is 6.42 Å². The number of pyridine rings is 1. The third-order valence-electron chi connectivity index (χ3n) is 3.99. The number of carbonyl (C=O) groups is 1. The fourth-order valence-corrected chi connectivity index (χ4v) is 2.94. The first-order valence-electron chi connectivity index (χ1n) is 6.94. The van der Waals surface area contributed by atoms with Crippen LogP contribution in [0, 0.1) is 13.8 Å². The molecule has 0 saturated carbocycles. The van der Waals surface area contributed by atoms with Gasteiger partial charge in [0, 0.05) is 11.9 Å². The second-order valence-electron chi connectivity index (χ2n) is 5.51. The van der Waals surface area contributed by atoms with E-state index in [1.165, 1.54) is 0 Å². The first kappa shape index (κ1) is 12.9. The molecule has 0 radical (unpaired) electrons. The summed E-state index contributed by atoms with van der Waals surface area (Å²) in [5.74, 6) is 0.0248. The maximum atomic E-state index is 11.3. The van der Waals surface area contributed by atoms with Crippen LogP contribution in [0.4, 0.5) is 5.82 Å². The Hall–Kier alpha value is -2.10. The Morgan fingerprint density at radius 1 is 1.35 bits per heavy atom. The van der Waals surface area contributed by atoms with Crippen LogP contribution in [0.2, 0.25) is 0 Å². The molecule has 4 heteroatoms. The number of hydrogen-bond acceptors (Lipinski definition) is 3. The Bertz CT molecular complexity index is 681.